The van der Waals surface area contributed by atoms with Crippen LogP contribution in [0.4, 0.5) is 0 Å². The molecule has 0 spiro atoms. The zero-order valence-corrected chi connectivity index (χ0v) is 22.4. The Morgan fingerprint density at radius 3 is 1.03 bits per heavy atom. The molecule has 1 aliphatic heterocycles. The van der Waals surface area contributed by atoms with Gasteiger partial charge in [0.1, 0.15) is 16.1 Å². The molecule has 1 heterocycles. The van der Waals surface area contributed by atoms with Crippen molar-refractivity contribution in [1.29, 1.82) is 0 Å². The van der Waals surface area contributed by atoms with Crippen molar-refractivity contribution in [1.82, 2.24) is 0 Å². The third-order valence-corrected chi connectivity index (χ3v) is 17.4. The molecule has 2 heteroatoms. The molecule has 0 saturated carbocycles. The predicted octanol–water partition coefficient (Wildman–Crippen LogP) is 7.44. The highest BCUT2D eigenvalue weighted by molar-refractivity contribution is 7.14. The van der Waals surface area contributed by atoms with Gasteiger partial charge >= 0.3 is 0 Å². The summed E-state index contributed by atoms with van der Waals surface area (Å²) in [5, 5.41) is 6.47. The normalized spacial score (nSPS) is 25.4. The minimum Gasteiger partial charge on any atom is -0.0626 e. The maximum absolute atomic E-state index is 2.64. The molecule has 0 bridgehead atoms. The van der Waals surface area contributed by atoms with E-state index in [1.807, 2.05) is 0 Å². The lowest BCUT2D eigenvalue weighted by Crippen LogP contribution is -2.53. The summed E-state index contributed by atoms with van der Waals surface area (Å²) < 4.78 is 0. The Labute approximate surface area is 207 Å². The molecule has 5 rings (SSSR count). The van der Waals surface area contributed by atoms with Crippen LogP contribution in [0, 0.1) is 0 Å². The van der Waals surface area contributed by atoms with Crippen LogP contribution in [0.1, 0.15) is 24.0 Å². The smallest absolute Gasteiger partial charge is 0.0626 e. The van der Waals surface area contributed by atoms with Gasteiger partial charge < -0.3 is 0 Å². The molecular formula is C32H34Si2. The van der Waals surface area contributed by atoms with Gasteiger partial charge in [-0.05, 0) is 33.6 Å². The van der Waals surface area contributed by atoms with Crippen LogP contribution in [-0.4, -0.2) is 16.1 Å². The molecular weight excluding hydrogens is 441 g/mol. The molecule has 170 valence electrons. The van der Waals surface area contributed by atoms with Gasteiger partial charge in [-0.15, -0.1) is 0 Å². The second-order valence-corrected chi connectivity index (χ2v) is 18.6. The van der Waals surface area contributed by atoms with Crippen LogP contribution in [-0.2, 0) is 0 Å². The first-order valence-electron chi connectivity index (χ1n) is 12.6. The summed E-state index contributed by atoms with van der Waals surface area (Å²) in [6.07, 6.45) is 2.62. The summed E-state index contributed by atoms with van der Waals surface area (Å²) in [5.41, 5.74) is 2.85. The number of rotatable bonds is 4. The fraction of sp³-hybridized carbons (Fsp3) is 0.188. The summed E-state index contributed by atoms with van der Waals surface area (Å²) >= 11 is 0. The summed E-state index contributed by atoms with van der Waals surface area (Å²) in [6, 6.07) is 48.2. The monoisotopic (exact) mass is 474 g/mol. The van der Waals surface area contributed by atoms with Gasteiger partial charge in [0, 0.05) is 0 Å². The fourth-order valence-corrected chi connectivity index (χ4v) is 16.2. The van der Waals surface area contributed by atoms with E-state index in [-0.39, 0.29) is 0 Å². The zero-order valence-electron chi connectivity index (χ0n) is 20.4. The van der Waals surface area contributed by atoms with E-state index in [1.54, 1.807) is 20.8 Å². The molecule has 0 unspecified atom stereocenters. The number of benzene rings is 4. The van der Waals surface area contributed by atoms with Crippen LogP contribution in [0.25, 0.3) is 10.4 Å². The summed E-state index contributed by atoms with van der Waals surface area (Å²) in [6.45, 7) is 5.28. The van der Waals surface area contributed by atoms with Crippen molar-refractivity contribution in [2.24, 2.45) is 0 Å². The van der Waals surface area contributed by atoms with Crippen molar-refractivity contribution in [2.75, 3.05) is 0 Å². The first kappa shape index (κ1) is 22.8. The molecule has 34 heavy (non-hydrogen) atoms. The highest BCUT2D eigenvalue weighted by atomic mass is 28.3. The minimum absolute atomic E-state index is 1.30. The average Bonchev–Trinajstić information content (AvgIpc) is 2.90. The van der Waals surface area contributed by atoms with E-state index >= 15 is 0 Å². The standard InChI is InChI=1S/C32H34Si2/c1-33(29-21-11-5-12-22-29)25-15-16-26-34(2,30-23-13-6-14-24-30)32(28-19-9-4-10-20-28)31(33)27-17-7-3-8-18-27/h3-14,17-24H,15-16,25-26H2,1-2H3/b32-31-/t33-,34-/m0/s1. The van der Waals surface area contributed by atoms with Crippen LogP contribution in [0.15, 0.2) is 121 Å². The lowest BCUT2D eigenvalue weighted by atomic mass is 10.1. The van der Waals surface area contributed by atoms with Gasteiger partial charge in [0.2, 0.25) is 0 Å². The molecule has 2 atom stereocenters. The Hall–Kier alpha value is -2.95. The third kappa shape index (κ3) is 4.17. The van der Waals surface area contributed by atoms with E-state index in [1.165, 1.54) is 36.1 Å². The lowest BCUT2D eigenvalue weighted by molar-refractivity contribution is 0.859. The Morgan fingerprint density at radius 1 is 0.412 bits per heavy atom. The molecule has 4 aromatic rings. The molecule has 0 N–H and O–H groups in total. The maximum Gasteiger partial charge on any atom is 0.115 e. The molecule has 0 radical (unpaired) electrons. The van der Waals surface area contributed by atoms with Gasteiger partial charge in [0.05, 0.1) is 0 Å². The van der Waals surface area contributed by atoms with Crippen LogP contribution in [0.3, 0.4) is 0 Å². The quantitative estimate of drug-likeness (QED) is 0.270. The van der Waals surface area contributed by atoms with Gasteiger partial charge in [0.15, 0.2) is 0 Å². The summed E-state index contributed by atoms with van der Waals surface area (Å²) in [4.78, 5) is 0. The van der Waals surface area contributed by atoms with E-state index in [4.69, 9.17) is 0 Å². The summed E-state index contributed by atoms with van der Waals surface area (Å²) in [7, 11) is -4.04. The van der Waals surface area contributed by atoms with E-state index in [0.717, 1.165) is 0 Å². The van der Waals surface area contributed by atoms with Crippen molar-refractivity contribution in [3.63, 3.8) is 0 Å². The minimum atomic E-state index is -2.02. The van der Waals surface area contributed by atoms with Crippen LogP contribution in [0.2, 0.25) is 25.2 Å². The molecule has 1 aliphatic rings. The van der Waals surface area contributed by atoms with Crippen molar-refractivity contribution in [3.8, 4) is 0 Å². The Kier molecular flexibility index (Phi) is 6.53. The fourth-order valence-electron chi connectivity index (χ4n) is 6.08. The SMILES string of the molecule is C[Si@@]1(c2ccccc2)CCCC[Si@@](C)(c2ccccc2)/C(c2ccccc2)=C\1c1ccccc1. The lowest BCUT2D eigenvalue weighted by Gasteiger charge is -2.42. The second-order valence-electron chi connectivity index (χ2n) is 10.1. The van der Waals surface area contributed by atoms with Crippen molar-refractivity contribution < 1.29 is 0 Å². The zero-order chi connectivity index (χ0) is 23.4. The largest absolute Gasteiger partial charge is 0.115 e. The Morgan fingerprint density at radius 2 is 0.706 bits per heavy atom. The van der Waals surface area contributed by atoms with Gasteiger partial charge in [-0.25, -0.2) is 0 Å². The first-order chi connectivity index (χ1) is 16.6. The topological polar surface area (TPSA) is 0 Å². The van der Waals surface area contributed by atoms with Crippen molar-refractivity contribution in [3.05, 3.63) is 132 Å². The molecule has 0 nitrogen and oxygen atoms in total. The highest BCUT2D eigenvalue weighted by Crippen LogP contribution is 2.44. The van der Waals surface area contributed by atoms with Crippen LogP contribution >= 0.6 is 0 Å². The number of hydrogen-bond donors (Lipinski definition) is 0. The second kappa shape index (κ2) is 9.73. The molecule has 0 saturated heterocycles. The van der Waals surface area contributed by atoms with E-state index < -0.39 is 16.1 Å². The van der Waals surface area contributed by atoms with Gasteiger partial charge in [-0.2, -0.15) is 0 Å². The summed E-state index contributed by atoms with van der Waals surface area (Å²) in [5.74, 6) is 0. The molecule has 0 aliphatic carbocycles. The van der Waals surface area contributed by atoms with Crippen LogP contribution < -0.4 is 10.4 Å². The first-order valence-corrected chi connectivity index (χ1v) is 18.0. The number of hydrogen-bond acceptors (Lipinski definition) is 0. The highest BCUT2D eigenvalue weighted by Gasteiger charge is 2.44. The van der Waals surface area contributed by atoms with Gasteiger partial charge in [0.25, 0.3) is 0 Å². The van der Waals surface area contributed by atoms with Gasteiger partial charge in [-0.3, -0.25) is 0 Å². The third-order valence-electron chi connectivity index (χ3n) is 7.90. The molecule has 4 aromatic carbocycles. The Bertz CT molecular complexity index is 1150. The molecule has 0 aromatic heterocycles. The predicted molar refractivity (Wildman–Crippen MR) is 154 cm³/mol. The molecule has 0 fully saturated rings. The van der Waals surface area contributed by atoms with Gasteiger partial charge in [-0.1, -0.05) is 158 Å². The average molecular weight is 475 g/mol. The van der Waals surface area contributed by atoms with E-state index in [0.29, 0.717) is 0 Å². The maximum atomic E-state index is 2.64. The van der Waals surface area contributed by atoms with Crippen molar-refractivity contribution >= 4 is 36.9 Å². The van der Waals surface area contributed by atoms with E-state index in [9.17, 15) is 0 Å². The van der Waals surface area contributed by atoms with Crippen LogP contribution in [0.5, 0.6) is 0 Å². The van der Waals surface area contributed by atoms with E-state index in [2.05, 4.69) is 134 Å². The van der Waals surface area contributed by atoms with Crippen molar-refractivity contribution in [2.45, 2.75) is 38.0 Å². The Balaban J connectivity index is 1.93. The molecule has 0 amide bonds.